The van der Waals surface area contributed by atoms with Crippen molar-refractivity contribution in [2.75, 3.05) is 0 Å². The normalized spacial score (nSPS) is 15.9. The Hall–Kier alpha value is -1.58. The molecule has 1 saturated carbocycles. The summed E-state index contributed by atoms with van der Waals surface area (Å²) in [6.07, 6.45) is 1.62. The van der Waals surface area contributed by atoms with E-state index >= 15 is 0 Å². The van der Waals surface area contributed by atoms with E-state index in [0.29, 0.717) is 17.2 Å². The van der Waals surface area contributed by atoms with E-state index in [9.17, 15) is 9.50 Å². The smallest absolute Gasteiger partial charge is 0.141 e. The zero-order chi connectivity index (χ0) is 14.1. The van der Waals surface area contributed by atoms with Gasteiger partial charge in [0, 0.05) is 0 Å². The first-order valence-electron chi connectivity index (χ1n) is 6.53. The van der Waals surface area contributed by atoms with Gasteiger partial charge in [-0.2, -0.15) is 0 Å². The molecule has 0 aromatic heterocycles. The highest BCUT2D eigenvalue weighted by Gasteiger charge is 2.23. The van der Waals surface area contributed by atoms with Crippen LogP contribution in [-0.4, -0.2) is 11.2 Å². The van der Waals surface area contributed by atoms with Gasteiger partial charge in [0.1, 0.15) is 17.7 Å². The number of hydrogen-bond acceptors (Lipinski definition) is 2. The Bertz CT molecular complexity index is 626. The van der Waals surface area contributed by atoms with Gasteiger partial charge >= 0.3 is 0 Å². The fraction of sp³-hybridized carbons (Fsp3) is 0.250. The molecule has 0 heterocycles. The minimum Gasteiger partial charge on any atom is -0.490 e. The average molecular weight is 293 g/mol. The fourth-order valence-electron chi connectivity index (χ4n) is 2.01. The quantitative estimate of drug-likeness (QED) is 0.919. The molecule has 1 unspecified atom stereocenters. The Morgan fingerprint density at radius 2 is 1.90 bits per heavy atom. The first-order chi connectivity index (χ1) is 9.63. The maximum atomic E-state index is 13.1. The summed E-state index contributed by atoms with van der Waals surface area (Å²) in [6, 6.07) is 11.5. The molecule has 0 saturated heterocycles. The molecule has 1 aliphatic carbocycles. The topological polar surface area (TPSA) is 29.5 Å². The van der Waals surface area contributed by atoms with Crippen LogP contribution in [0.5, 0.6) is 5.75 Å². The lowest BCUT2D eigenvalue weighted by atomic mass is 10.0. The van der Waals surface area contributed by atoms with Crippen molar-refractivity contribution in [3.05, 3.63) is 64.4 Å². The van der Waals surface area contributed by atoms with Crippen molar-refractivity contribution in [3.8, 4) is 5.75 Å². The van der Waals surface area contributed by atoms with E-state index in [2.05, 4.69) is 0 Å². The van der Waals surface area contributed by atoms with E-state index in [1.165, 1.54) is 18.2 Å². The standard InChI is InChI=1S/C16H14ClFO2/c17-14-9-11(4-7-15(14)18)16(19)10-2-1-3-13(8-10)20-12-5-6-12/h1-4,7-9,12,16,19H,5-6H2. The highest BCUT2D eigenvalue weighted by molar-refractivity contribution is 6.30. The number of rotatable bonds is 4. The van der Waals surface area contributed by atoms with Gasteiger partial charge in [-0.05, 0) is 48.2 Å². The lowest BCUT2D eigenvalue weighted by Crippen LogP contribution is -2.02. The van der Waals surface area contributed by atoms with Crippen LogP contribution in [0, 0.1) is 5.82 Å². The third-order valence-electron chi connectivity index (χ3n) is 3.26. The SMILES string of the molecule is OC(c1cccc(OC2CC2)c1)c1ccc(F)c(Cl)c1. The molecule has 1 aliphatic rings. The van der Waals surface area contributed by atoms with Gasteiger partial charge in [-0.3, -0.25) is 0 Å². The minimum atomic E-state index is -0.851. The van der Waals surface area contributed by atoms with Crippen LogP contribution < -0.4 is 4.74 Å². The van der Waals surface area contributed by atoms with Crippen LogP contribution in [-0.2, 0) is 0 Å². The third kappa shape index (κ3) is 2.94. The van der Waals surface area contributed by atoms with E-state index < -0.39 is 11.9 Å². The molecule has 1 atom stereocenters. The highest BCUT2D eigenvalue weighted by atomic mass is 35.5. The van der Waals surface area contributed by atoms with Gasteiger partial charge in [0.15, 0.2) is 0 Å². The van der Waals surface area contributed by atoms with Crippen LogP contribution in [0.3, 0.4) is 0 Å². The molecule has 0 spiro atoms. The van der Waals surface area contributed by atoms with Crippen molar-refractivity contribution < 1.29 is 14.2 Å². The number of benzene rings is 2. The van der Waals surface area contributed by atoms with Crippen molar-refractivity contribution >= 4 is 11.6 Å². The van der Waals surface area contributed by atoms with Crippen LogP contribution in [0.4, 0.5) is 4.39 Å². The summed E-state index contributed by atoms with van der Waals surface area (Å²) in [5.41, 5.74) is 1.26. The second-order valence-electron chi connectivity index (χ2n) is 4.97. The van der Waals surface area contributed by atoms with Crippen molar-refractivity contribution in [2.24, 2.45) is 0 Å². The molecule has 4 heteroatoms. The van der Waals surface area contributed by atoms with Gasteiger partial charge in [0.05, 0.1) is 11.1 Å². The number of aliphatic hydroxyl groups excluding tert-OH is 1. The summed E-state index contributed by atoms with van der Waals surface area (Å²) < 4.78 is 18.8. The van der Waals surface area contributed by atoms with Crippen molar-refractivity contribution in [1.29, 1.82) is 0 Å². The summed E-state index contributed by atoms with van der Waals surface area (Å²) in [5.74, 6) is 0.255. The van der Waals surface area contributed by atoms with Gasteiger partial charge in [0.2, 0.25) is 0 Å². The fourth-order valence-corrected chi connectivity index (χ4v) is 2.20. The van der Waals surface area contributed by atoms with Crippen LogP contribution in [0.1, 0.15) is 30.1 Å². The van der Waals surface area contributed by atoms with Crippen molar-refractivity contribution in [3.63, 3.8) is 0 Å². The van der Waals surface area contributed by atoms with Gasteiger partial charge in [-0.25, -0.2) is 4.39 Å². The summed E-state index contributed by atoms with van der Waals surface area (Å²) in [5, 5.41) is 10.4. The Kier molecular flexibility index (Phi) is 3.64. The lowest BCUT2D eigenvalue weighted by Gasteiger charge is -2.13. The maximum Gasteiger partial charge on any atom is 0.141 e. The predicted octanol–water partition coefficient (Wildman–Crippen LogP) is 4.10. The van der Waals surface area contributed by atoms with Crippen molar-refractivity contribution in [2.45, 2.75) is 25.0 Å². The van der Waals surface area contributed by atoms with Crippen molar-refractivity contribution in [1.82, 2.24) is 0 Å². The monoisotopic (exact) mass is 292 g/mol. The number of halogens is 2. The largest absolute Gasteiger partial charge is 0.490 e. The molecule has 0 radical (unpaired) electrons. The second-order valence-corrected chi connectivity index (χ2v) is 5.37. The molecule has 2 nitrogen and oxygen atoms in total. The Balaban J connectivity index is 1.84. The molecule has 1 fully saturated rings. The molecule has 3 rings (SSSR count). The molecule has 0 bridgehead atoms. The summed E-state index contributed by atoms with van der Waals surface area (Å²) >= 11 is 5.74. The Labute approximate surface area is 121 Å². The van der Waals surface area contributed by atoms with E-state index in [0.717, 1.165) is 18.6 Å². The van der Waals surface area contributed by atoms with E-state index in [1.807, 2.05) is 18.2 Å². The second kappa shape index (κ2) is 5.43. The molecule has 104 valence electrons. The van der Waals surface area contributed by atoms with Crippen LogP contribution in [0.15, 0.2) is 42.5 Å². The first kappa shape index (κ1) is 13.4. The average Bonchev–Trinajstić information content (AvgIpc) is 3.25. The lowest BCUT2D eigenvalue weighted by molar-refractivity contribution is 0.219. The number of hydrogen-bond donors (Lipinski definition) is 1. The molecule has 2 aromatic carbocycles. The molecule has 2 aromatic rings. The molecule has 1 N–H and O–H groups in total. The maximum absolute atomic E-state index is 13.1. The zero-order valence-electron chi connectivity index (χ0n) is 10.7. The first-order valence-corrected chi connectivity index (χ1v) is 6.91. The third-order valence-corrected chi connectivity index (χ3v) is 3.55. The minimum absolute atomic E-state index is 0.00642. The molecular formula is C16H14ClFO2. The number of ether oxygens (including phenoxy) is 1. The van der Waals surface area contributed by atoms with Crippen LogP contribution in [0.2, 0.25) is 5.02 Å². The molecule has 0 aliphatic heterocycles. The summed E-state index contributed by atoms with van der Waals surface area (Å²) in [6.45, 7) is 0. The zero-order valence-corrected chi connectivity index (χ0v) is 11.5. The Morgan fingerprint density at radius 1 is 1.15 bits per heavy atom. The van der Waals surface area contributed by atoms with Crippen LogP contribution in [0.25, 0.3) is 0 Å². The predicted molar refractivity (Wildman–Crippen MR) is 75.6 cm³/mol. The Morgan fingerprint density at radius 3 is 2.60 bits per heavy atom. The summed E-state index contributed by atoms with van der Waals surface area (Å²) in [7, 11) is 0. The summed E-state index contributed by atoms with van der Waals surface area (Å²) in [4.78, 5) is 0. The molecule has 20 heavy (non-hydrogen) atoms. The van der Waals surface area contributed by atoms with Gasteiger partial charge in [-0.1, -0.05) is 29.8 Å². The molecule has 0 amide bonds. The van der Waals surface area contributed by atoms with Crippen LogP contribution >= 0.6 is 11.6 Å². The van der Waals surface area contributed by atoms with Gasteiger partial charge in [-0.15, -0.1) is 0 Å². The van der Waals surface area contributed by atoms with E-state index in [4.69, 9.17) is 16.3 Å². The van der Waals surface area contributed by atoms with Gasteiger partial charge < -0.3 is 9.84 Å². The molecular weight excluding hydrogens is 279 g/mol. The highest BCUT2D eigenvalue weighted by Crippen LogP contribution is 2.31. The van der Waals surface area contributed by atoms with E-state index in [1.54, 1.807) is 6.07 Å². The van der Waals surface area contributed by atoms with Gasteiger partial charge in [0.25, 0.3) is 0 Å². The number of aliphatic hydroxyl groups is 1. The van der Waals surface area contributed by atoms with E-state index in [-0.39, 0.29) is 5.02 Å².